The predicted octanol–water partition coefficient (Wildman–Crippen LogP) is 2.35. The van der Waals surface area contributed by atoms with Crippen molar-refractivity contribution in [2.75, 3.05) is 0 Å². The number of rotatable bonds is 1. The van der Waals surface area contributed by atoms with E-state index in [0.717, 1.165) is 25.7 Å². The van der Waals surface area contributed by atoms with Crippen molar-refractivity contribution in [1.29, 1.82) is 0 Å². The van der Waals surface area contributed by atoms with Gasteiger partial charge in [-0.1, -0.05) is 0 Å². The molecule has 0 saturated heterocycles. The zero-order valence-corrected chi connectivity index (χ0v) is 10.4. The normalized spacial score (nSPS) is 33.2. The van der Waals surface area contributed by atoms with Gasteiger partial charge in [0.05, 0.1) is 21.4 Å². The second-order valence-corrected chi connectivity index (χ2v) is 5.61. The fourth-order valence-electron chi connectivity index (χ4n) is 2.00. The van der Waals surface area contributed by atoms with E-state index in [-0.39, 0.29) is 0 Å². The smallest absolute Gasteiger partial charge is 0.0623 e. The Morgan fingerprint density at radius 2 is 2.21 bits per heavy atom. The third kappa shape index (κ3) is 2.28. The number of hydrogen-bond donors (Lipinski definition) is 1. The van der Waals surface area contributed by atoms with Crippen LogP contribution in [-0.2, 0) is 0 Å². The van der Waals surface area contributed by atoms with E-state index in [0.29, 0.717) is 6.04 Å². The molecule has 1 aromatic rings. The standard InChI is InChI=1S/C10H15IN2O/c1-10(14)4-2-9(3-5-10)13-7-8(11)6-12-13/h6-7,9,14H,2-5H2,1H3/t9-,10+. The molecule has 14 heavy (non-hydrogen) atoms. The summed E-state index contributed by atoms with van der Waals surface area (Å²) in [5, 5.41) is 14.1. The van der Waals surface area contributed by atoms with Gasteiger partial charge in [-0.3, -0.25) is 4.68 Å². The van der Waals surface area contributed by atoms with Crippen LogP contribution in [0.1, 0.15) is 38.6 Å². The second-order valence-electron chi connectivity index (χ2n) is 4.37. The van der Waals surface area contributed by atoms with Crippen molar-refractivity contribution in [3.05, 3.63) is 16.0 Å². The lowest BCUT2D eigenvalue weighted by atomic mass is 9.84. The minimum atomic E-state index is -0.448. The van der Waals surface area contributed by atoms with Gasteiger partial charge in [-0.05, 0) is 55.2 Å². The van der Waals surface area contributed by atoms with Gasteiger partial charge in [-0.15, -0.1) is 0 Å². The molecule has 1 aliphatic carbocycles. The van der Waals surface area contributed by atoms with Crippen LogP contribution < -0.4 is 0 Å². The van der Waals surface area contributed by atoms with Crippen molar-refractivity contribution in [1.82, 2.24) is 9.78 Å². The average molecular weight is 306 g/mol. The molecule has 4 heteroatoms. The summed E-state index contributed by atoms with van der Waals surface area (Å²) < 4.78 is 3.22. The highest BCUT2D eigenvalue weighted by molar-refractivity contribution is 14.1. The van der Waals surface area contributed by atoms with E-state index in [1.165, 1.54) is 3.57 Å². The first kappa shape index (κ1) is 10.4. The van der Waals surface area contributed by atoms with Gasteiger partial charge in [0.25, 0.3) is 0 Å². The first-order chi connectivity index (χ1) is 6.57. The topological polar surface area (TPSA) is 38.0 Å². The monoisotopic (exact) mass is 306 g/mol. The van der Waals surface area contributed by atoms with Crippen LogP contribution in [0.3, 0.4) is 0 Å². The molecule has 0 spiro atoms. The number of halogens is 1. The molecule has 0 unspecified atom stereocenters. The Morgan fingerprint density at radius 1 is 1.57 bits per heavy atom. The summed E-state index contributed by atoms with van der Waals surface area (Å²) in [5.41, 5.74) is -0.448. The molecule has 0 atom stereocenters. The molecule has 1 fully saturated rings. The van der Waals surface area contributed by atoms with Gasteiger partial charge < -0.3 is 5.11 Å². The summed E-state index contributed by atoms with van der Waals surface area (Å²) in [6.45, 7) is 1.93. The summed E-state index contributed by atoms with van der Waals surface area (Å²) in [7, 11) is 0. The maximum Gasteiger partial charge on any atom is 0.0623 e. The molecule has 78 valence electrons. The minimum absolute atomic E-state index is 0.448. The minimum Gasteiger partial charge on any atom is -0.390 e. The summed E-state index contributed by atoms with van der Waals surface area (Å²) in [6.07, 6.45) is 7.79. The van der Waals surface area contributed by atoms with Gasteiger partial charge in [0.2, 0.25) is 0 Å². The van der Waals surface area contributed by atoms with Crippen molar-refractivity contribution in [2.24, 2.45) is 0 Å². The average Bonchev–Trinajstić information content (AvgIpc) is 2.52. The Kier molecular flexibility index (Phi) is 2.83. The molecule has 0 radical (unpaired) electrons. The van der Waals surface area contributed by atoms with Gasteiger partial charge in [0.1, 0.15) is 0 Å². The van der Waals surface area contributed by atoms with E-state index in [2.05, 4.69) is 33.9 Å². The van der Waals surface area contributed by atoms with Crippen molar-refractivity contribution < 1.29 is 5.11 Å². The fraction of sp³-hybridized carbons (Fsp3) is 0.700. The Hall–Kier alpha value is -0.100. The van der Waals surface area contributed by atoms with Crippen molar-refractivity contribution in [3.63, 3.8) is 0 Å². The van der Waals surface area contributed by atoms with Crippen LogP contribution in [0.2, 0.25) is 0 Å². The van der Waals surface area contributed by atoms with Crippen LogP contribution in [0.5, 0.6) is 0 Å². The molecule has 1 heterocycles. The number of nitrogens with zero attached hydrogens (tertiary/aromatic N) is 2. The van der Waals surface area contributed by atoms with Crippen molar-refractivity contribution >= 4 is 22.6 Å². The first-order valence-electron chi connectivity index (χ1n) is 4.99. The van der Waals surface area contributed by atoms with E-state index in [1.54, 1.807) is 0 Å². The van der Waals surface area contributed by atoms with Crippen LogP contribution in [-0.4, -0.2) is 20.5 Å². The van der Waals surface area contributed by atoms with Crippen LogP contribution in [0, 0.1) is 3.57 Å². The maximum atomic E-state index is 9.81. The zero-order valence-electron chi connectivity index (χ0n) is 8.28. The van der Waals surface area contributed by atoms with Gasteiger partial charge in [0.15, 0.2) is 0 Å². The third-order valence-corrected chi connectivity index (χ3v) is 3.53. The van der Waals surface area contributed by atoms with Gasteiger partial charge in [-0.25, -0.2) is 0 Å². The van der Waals surface area contributed by atoms with Crippen LogP contribution >= 0.6 is 22.6 Å². The molecular formula is C10H15IN2O. The molecule has 2 rings (SSSR count). The number of aromatic nitrogens is 2. The number of hydrogen-bond acceptors (Lipinski definition) is 2. The molecule has 1 saturated carbocycles. The summed E-state index contributed by atoms with van der Waals surface area (Å²) >= 11 is 2.27. The van der Waals surface area contributed by atoms with Crippen LogP contribution in [0.4, 0.5) is 0 Å². The lowest BCUT2D eigenvalue weighted by Crippen LogP contribution is -2.31. The summed E-state index contributed by atoms with van der Waals surface area (Å²) in [5.74, 6) is 0. The first-order valence-corrected chi connectivity index (χ1v) is 6.07. The van der Waals surface area contributed by atoms with E-state index < -0.39 is 5.60 Å². The van der Waals surface area contributed by atoms with Gasteiger partial charge in [-0.2, -0.15) is 5.10 Å². The quantitative estimate of drug-likeness (QED) is 0.809. The molecule has 0 amide bonds. The van der Waals surface area contributed by atoms with E-state index in [1.807, 2.05) is 17.8 Å². The van der Waals surface area contributed by atoms with Gasteiger partial charge in [0, 0.05) is 6.20 Å². The Morgan fingerprint density at radius 3 is 2.71 bits per heavy atom. The maximum absolute atomic E-state index is 9.81. The van der Waals surface area contributed by atoms with Crippen molar-refractivity contribution in [2.45, 2.75) is 44.2 Å². The zero-order chi connectivity index (χ0) is 10.2. The van der Waals surface area contributed by atoms with Gasteiger partial charge >= 0.3 is 0 Å². The van der Waals surface area contributed by atoms with Crippen LogP contribution in [0.15, 0.2) is 12.4 Å². The molecule has 1 aliphatic rings. The van der Waals surface area contributed by atoms with Crippen LogP contribution in [0.25, 0.3) is 0 Å². The molecule has 3 nitrogen and oxygen atoms in total. The highest BCUT2D eigenvalue weighted by Crippen LogP contribution is 2.34. The molecule has 0 bridgehead atoms. The molecule has 0 aromatic carbocycles. The summed E-state index contributed by atoms with van der Waals surface area (Å²) in [6, 6.07) is 0.485. The van der Waals surface area contributed by atoms with E-state index >= 15 is 0 Å². The molecule has 0 aliphatic heterocycles. The van der Waals surface area contributed by atoms with E-state index in [4.69, 9.17) is 0 Å². The molecular weight excluding hydrogens is 291 g/mol. The van der Waals surface area contributed by atoms with Crippen molar-refractivity contribution in [3.8, 4) is 0 Å². The number of aliphatic hydroxyl groups is 1. The Bertz CT molecular complexity index is 312. The SMILES string of the molecule is C[C@]1(O)CC[C@@H](n2cc(I)cn2)CC1. The lowest BCUT2D eigenvalue weighted by molar-refractivity contribution is 0.00850. The lowest BCUT2D eigenvalue weighted by Gasteiger charge is -2.33. The fourth-order valence-corrected chi connectivity index (χ4v) is 2.41. The third-order valence-electron chi connectivity index (χ3n) is 2.98. The second kappa shape index (κ2) is 3.81. The predicted molar refractivity (Wildman–Crippen MR) is 63.1 cm³/mol. The van der Waals surface area contributed by atoms with E-state index in [9.17, 15) is 5.11 Å². The molecule has 1 aromatic heterocycles. The largest absolute Gasteiger partial charge is 0.390 e. The Labute approximate surface area is 97.6 Å². The summed E-state index contributed by atoms with van der Waals surface area (Å²) in [4.78, 5) is 0. The Balaban J connectivity index is 2.02. The highest BCUT2D eigenvalue weighted by Gasteiger charge is 2.29. The highest BCUT2D eigenvalue weighted by atomic mass is 127. The molecule has 1 N–H and O–H groups in total.